The number of piperidine rings is 1. The predicted octanol–water partition coefficient (Wildman–Crippen LogP) is 4.43. The highest BCUT2D eigenvalue weighted by Crippen LogP contribution is 2.30. The summed E-state index contributed by atoms with van der Waals surface area (Å²) in [6.07, 6.45) is 1.44. The quantitative estimate of drug-likeness (QED) is 0.793. The van der Waals surface area contributed by atoms with Crippen molar-refractivity contribution in [3.05, 3.63) is 64.9 Å². The van der Waals surface area contributed by atoms with Crippen LogP contribution in [-0.4, -0.2) is 29.9 Å². The van der Waals surface area contributed by atoms with Crippen molar-refractivity contribution in [1.29, 1.82) is 0 Å². The fraction of sp³-hybridized carbons (Fsp3) is 0.333. The van der Waals surface area contributed by atoms with Crippen molar-refractivity contribution in [3.8, 4) is 0 Å². The van der Waals surface area contributed by atoms with Gasteiger partial charge in [0.2, 0.25) is 5.91 Å². The lowest BCUT2D eigenvalue weighted by Crippen LogP contribution is -2.52. The highest BCUT2D eigenvalue weighted by Gasteiger charge is 2.39. The minimum absolute atomic E-state index is 0.114. The van der Waals surface area contributed by atoms with Gasteiger partial charge in [-0.2, -0.15) is 0 Å². The first-order valence-corrected chi connectivity index (χ1v) is 9.58. The largest absolute Gasteiger partial charge is 0.351 e. The van der Waals surface area contributed by atoms with Gasteiger partial charge in [0.15, 0.2) is 0 Å². The minimum atomic E-state index is -0.677. The van der Waals surface area contributed by atoms with Crippen LogP contribution in [0, 0.1) is 11.2 Å². The average molecular weight is 404 g/mol. The maximum absolute atomic E-state index is 13.0. The van der Waals surface area contributed by atoms with Gasteiger partial charge in [-0.15, -0.1) is 0 Å². The molecule has 7 heteroatoms. The maximum Gasteiger partial charge on any atom is 0.321 e. The van der Waals surface area contributed by atoms with E-state index in [1.54, 1.807) is 41.3 Å². The Kier molecular flexibility index (Phi) is 6.19. The summed E-state index contributed by atoms with van der Waals surface area (Å²) in [5.41, 5.74) is 0.763. The van der Waals surface area contributed by atoms with Crippen LogP contribution in [0.4, 0.5) is 14.9 Å². The number of amides is 3. The van der Waals surface area contributed by atoms with Gasteiger partial charge in [0.25, 0.3) is 0 Å². The molecular formula is C21H23ClFN3O2. The van der Waals surface area contributed by atoms with Gasteiger partial charge in [-0.3, -0.25) is 4.79 Å². The molecule has 2 aromatic carbocycles. The Labute approximate surface area is 168 Å². The number of anilines is 1. The normalized spacial score (nSPS) is 19.2. The predicted molar refractivity (Wildman–Crippen MR) is 108 cm³/mol. The molecule has 1 fully saturated rings. The van der Waals surface area contributed by atoms with Gasteiger partial charge >= 0.3 is 6.03 Å². The Morgan fingerprint density at radius 2 is 1.96 bits per heavy atom. The summed E-state index contributed by atoms with van der Waals surface area (Å²) in [6, 6.07) is 12.7. The molecule has 3 rings (SSSR count). The molecule has 3 amide bonds. The van der Waals surface area contributed by atoms with Crippen LogP contribution >= 0.6 is 11.6 Å². The molecule has 0 bridgehead atoms. The van der Waals surface area contributed by atoms with Gasteiger partial charge in [-0.1, -0.05) is 29.8 Å². The van der Waals surface area contributed by atoms with Crippen molar-refractivity contribution in [1.82, 2.24) is 10.2 Å². The van der Waals surface area contributed by atoms with Gasteiger partial charge in [0, 0.05) is 30.3 Å². The lowest BCUT2D eigenvalue weighted by atomic mass is 9.81. The van der Waals surface area contributed by atoms with Crippen LogP contribution < -0.4 is 10.6 Å². The molecule has 148 valence electrons. The van der Waals surface area contributed by atoms with Gasteiger partial charge in [-0.25, -0.2) is 9.18 Å². The van der Waals surface area contributed by atoms with Crippen LogP contribution in [0.2, 0.25) is 5.02 Å². The number of nitrogens with one attached hydrogen (secondary N) is 2. The summed E-state index contributed by atoms with van der Waals surface area (Å²) in [5, 5.41) is 6.28. The second-order valence-electron chi connectivity index (χ2n) is 7.34. The number of likely N-dealkylation sites (tertiary alicyclic amines) is 1. The summed E-state index contributed by atoms with van der Waals surface area (Å²) in [4.78, 5) is 27.0. The number of carbonyl (C=O) groups is 2. The fourth-order valence-corrected chi connectivity index (χ4v) is 3.56. The zero-order valence-electron chi connectivity index (χ0n) is 15.7. The van der Waals surface area contributed by atoms with Gasteiger partial charge < -0.3 is 15.5 Å². The van der Waals surface area contributed by atoms with Crippen LogP contribution in [0.15, 0.2) is 48.5 Å². The van der Waals surface area contributed by atoms with Crippen LogP contribution in [0.3, 0.4) is 0 Å². The number of carbonyl (C=O) groups excluding carboxylic acids is 2. The number of rotatable bonds is 4. The van der Waals surface area contributed by atoms with E-state index < -0.39 is 5.41 Å². The number of halogens is 2. The molecular weight excluding hydrogens is 381 g/mol. The summed E-state index contributed by atoms with van der Waals surface area (Å²) < 4.78 is 13.0. The van der Waals surface area contributed by atoms with Gasteiger partial charge in [-0.05, 0) is 55.7 Å². The second kappa shape index (κ2) is 8.61. The SMILES string of the molecule is C[C@]1(C(=O)NCc2ccc(F)cc2)CCCN(C(=O)Nc2cccc(Cl)c2)C1. The number of hydrogen-bond acceptors (Lipinski definition) is 2. The molecule has 0 spiro atoms. The van der Waals surface area contributed by atoms with Crippen molar-refractivity contribution in [2.24, 2.45) is 5.41 Å². The molecule has 0 unspecified atom stereocenters. The Bertz CT molecular complexity index is 859. The lowest BCUT2D eigenvalue weighted by molar-refractivity contribution is -0.132. The molecule has 0 aromatic heterocycles. The summed E-state index contributed by atoms with van der Waals surface area (Å²) >= 11 is 5.96. The van der Waals surface area contributed by atoms with E-state index >= 15 is 0 Å². The van der Waals surface area contributed by atoms with E-state index in [0.717, 1.165) is 12.0 Å². The highest BCUT2D eigenvalue weighted by molar-refractivity contribution is 6.30. The number of benzene rings is 2. The Morgan fingerprint density at radius 1 is 1.21 bits per heavy atom. The van der Waals surface area contributed by atoms with E-state index in [4.69, 9.17) is 11.6 Å². The van der Waals surface area contributed by atoms with Crippen LogP contribution in [0.25, 0.3) is 0 Å². The van der Waals surface area contributed by atoms with Gasteiger partial charge in [0.05, 0.1) is 5.41 Å². The third-order valence-corrected chi connectivity index (χ3v) is 5.21. The van der Waals surface area contributed by atoms with E-state index in [1.807, 2.05) is 6.92 Å². The third-order valence-electron chi connectivity index (χ3n) is 4.97. The molecule has 28 heavy (non-hydrogen) atoms. The zero-order chi connectivity index (χ0) is 20.1. The highest BCUT2D eigenvalue weighted by atomic mass is 35.5. The summed E-state index contributed by atoms with van der Waals surface area (Å²) in [5.74, 6) is -0.423. The molecule has 1 aliphatic rings. The first-order valence-electron chi connectivity index (χ1n) is 9.20. The van der Waals surface area contributed by atoms with E-state index in [9.17, 15) is 14.0 Å². The summed E-state index contributed by atoms with van der Waals surface area (Å²) in [7, 11) is 0. The summed E-state index contributed by atoms with van der Waals surface area (Å²) in [6.45, 7) is 3.11. The Hall–Kier alpha value is -2.60. The standard InChI is InChI=1S/C21H23ClFN3O2/c1-21(19(27)24-13-15-6-8-17(23)9-7-15)10-3-11-26(14-21)20(28)25-18-5-2-4-16(22)12-18/h2,4-9,12H,3,10-11,13-14H2,1H3,(H,24,27)(H,25,28)/t21-/m0/s1. The van der Waals surface area contributed by atoms with Crippen molar-refractivity contribution >= 4 is 29.2 Å². The van der Waals surface area contributed by atoms with E-state index in [-0.39, 0.29) is 17.8 Å². The van der Waals surface area contributed by atoms with E-state index in [2.05, 4.69) is 10.6 Å². The van der Waals surface area contributed by atoms with Crippen LogP contribution in [-0.2, 0) is 11.3 Å². The molecule has 2 N–H and O–H groups in total. The average Bonchev–Trinajstić information content (AvgIpc) is 2.67. The van der Waals surface area contributed by atoms with Crippen molar-refractivity contribution in [2.45, 2.75) is 26.3 Å². The first-order chi connectivity index (χ1) is 13.4. The molecule has 1 aliphatic heterocycles. The smallest absolute Gasteiger partial charge is 0.321 e. The fourth-order valence-electron chi connectivity index (χ4n) is 3.36. The molecule has 2 aromatic rings. The number of hydrogen-bond donors (Lipinski definition) is 2. The molecule has 0 saturated carbocycles. The molecule has 1 atom stereocenters. The van der Waals surface area contributed by atoms with E-state index in [0.29, 0.717) is 36.8 Å². The number of nitrogens with zero attached hydrogens (tertiary/aromatic N) is 1. The van der Waals surface area contributed by atoms with Crippen LogP contribution in [0.5, 0.6) is 0 Å². The monoisotopic (exact) mass is 403 g/mol. The molecule has 1 saturated heterocycles. The molecule has 1 heterocycles. The molecule has 5 nitrogen and oxygen atoms in total. The molecule has 0 radical (unpaired) electrons. The van der Waals surface area contributed by atoms with Crippen LogP contribution in [0.1, 0.15) is 25.3 Å². The van der Waals surface area contributed by atoms with Crippen molar-refractivity contribution < 1.29 is 14.0 Å². The van der Waals surface area contributed by atoms with Gasteiger partial charge in [0.1, 0.15) is 5.82 Å². The molecule has 0 aliphatic carbocycles. The lowest BCUT2D eigenvalue weighted by Gasteiger charge is -2.39. The second-order valence-corrected chi connectivity index (χ2v) is 7.77. The maximum atomic E-state index is 13.0. The topological polar surface area (TPSA) is 61.4 Å². The first kappa shape index (κ1) is 20.1. The Balaban J connectivity index is 1.59. The van der Waals surface area contributed by atoms with E-state index in [1.165, 1.54) is 12.1 Å². The third kappa shape index (κ3) is 5.01. The van der Waals surface area contributed by atoms with Crippen molar-refractivity contribution in [3.63, 3.8) is 0 Å². The van der Waals surface area contributed by atoms with Crippen molar-refractivity contribution in [2.75, 3.05) is 18.4 Å². The minimum Gasteiger partial charge on any atom is -0.351 e. The zero-order valence-corrected chi connectivity index (χ0v) is 16.4. The number of urea groups is 1. The Morgan fingerprint density at radius 3 is 2.68 bits per heavy atom.